The van der Waals surface area contributed by atoms with Gasteiger partial charge < -0.3 is 14.6 Å². The summed E-state index contributed by atoms with van der Waals surface area (Å²) >= 11 is 0. The van der Waals surface area contributed by atoms with Gasteiger partial charge in [-0.2, -0.15) is 0 Å². The highest BCUT2D eigenvalue weighted by atomic mass is 16.5. The normalized spacial score (nSPS) is 17.9. The molecule has 1 N–H and O–H groups in total. The summed E-state index contributed by atoms with van der Waals surface area (Å²) in [6.07, 6.45) is 0.700. The maximum Gasteiger partial charge on any atom is 0.119 e. The van der Waals surface area contributed by atoms with Crippen molar-refractivity contribution in [1.29, 1.82) is 0 Å². The molecule has 1 aromatic carbocycles. The molecule has 88 valence electrons. The van der Waals surface area contributed by atoms with Crippen molar-refractivity contribution in [1.82, 2.24) is 0 Å². The Kier molecular flexibility index (Phi) is 3.46. The SMILES string of the molecule is CC1(COc2ccc(CCO)cc2)COC1. The highest BCUT2D eigenvalue weighted by Gasteiger charge is 2.34. The van der Waals surface area contributed by atoms with E-state index in [2.05, 4.69) is 6.92 Å². The fourth-order valence-corrected chi connectivity index (χ4v) is 1.67. The number of benzene rings is 1. The zero-order chi connectivity index (χ0) is 11.4. The summed E-state index contributed by atoms with van der Waals surface area (Å²) in [4.78, 5) is 0. The van der Waals surface area contributed by atoms with Gasteiger partial charge in [-0.15, -0.1) is 0 Å². The third-order valence-corrected chi connectivity index (χ3v) is 2.81. The maximum absolute atomic E-state index is 8.79. The molecule has 0 unspecified atom stereocenters. The molecule has 0 amide bonds. The molecule has 3 nitrogen and oxygen atoms in total. The van der Waals surface area contributed by atoms with E-state index in [1.165, 1.54) is 0 Å². The molecule has 1 fully saturated rings. The molecule has 2 rings (SSSR count). The van der Waals surface area contributed by atoms with Crippen molar-refractivity contribution in [2.24, 2.45) is 5.41 Å². The van der Waals surface area contributed by atoms with Gasteiger partial charge in [-0.1, -0.05) is 19.1 Å². The van der Waals surface area contributed by atoms with E-state index in [1.54, 1.807) is 0 Å². The van der Waals surface area contributed by atoms with Crippen LogP contribution >= 0.6 is 0 Å². The van der Waals surface area contributed by atoms with Crippen LogP contribution in [-0.2, 0) is 11.2 Å². The van der Waals surface area contributed by atoms with Crippen LogP contribution in [0.2, 0.25) is 0 Å². The molecular weight excluding hydrogens is 204 g/mol. The molecular formula is C13H18O3. The standard InChI is InChI=1S/C13H18O3/c1-13(8-15-9-13)10-16-12-4-2-11(3-5-12)6-7-14/h2-5,14H,6-10H2,1H3. The second-order valence-corrected chi connectivity index (χ2v) is 4.71. The number of hydrogen-bond donors (Lipinski definition) is 1. The number of aliphatic hydroxyl groups is 1. The van der Waals surface area contributed by atoms with E-state index in [1.807, 2.05) is 24.3 Å². The Hall–Kier alpha value is -1.06. The summed E-state index contributed by atoms with van der Waals surface area (Å²) in [5, 5.41) is 8.79. The third kappa shape index (κ3) is 2.74. The first-order valence-electron chi connectivity index (χ1n) is 5.62. The van der Waals surface area contributed by atoms with Crippen molar-refractivity contribution < 1.29 is 14.6 Å². The van der Waals surface area contributed by atoms with Gasteiger partial charge in [-0.3, -0.25) is 0 Å². The Balaban J connectivity index is 1.85. The molecule has 16 heavy (non-hydrogen) atoms. The Morgan fingerprint density at radius 3 is 2.50 bits per heavy atom. The zero-order valence-electron chi connectivity index (χ0n) is 9.61. The molecule has 0 atom stereocenters. The molecule has 0 radical (unpaired) electrons. The summed E-state index contributed by atoms with van der Waals surface area (Å²) in [6.45, 7) is 4.63. The second kappa shape index (κ2) is 4.85. The first-order valence-corrected chi connectivity index (χ1v) is 5.62. The minimum atomic E-state index is 0.184. The van der Waals surface area contributed by atoms with Crippen LogP contribution in [0.3, 0.4) is 0 Å². The Morgan fingerprint density at radius 1 is 1.31 bits per heavy atom. The number of ether oxygens (including phenoxy) is 2. The van der Waals surface area contributed by atoms with Crippen molar-refractivity contribution in [3.05, 3.63) is 29.8 Å². The first-order chi connectivity index (χ1) is 7.72. The maximum atomic E-state index is 8.79. The predicted octanol–water partition coefficient (Wildman–Crippen LogP) is 1.64. The molecule has 0 aromatic heterocycles. The summed E-state index contributed by atoms with van der Waals surface area (Å²) < 4.78 is 10.9. The van der Waals surface area contributed by atoms with Crippen LogP contribution in [0.15, 0.2) is 24.3 Å². The number of aliphatic hydroxyl groups excluding tert-OH is 1. The number of hydrogen-bond acceptors (Lipinski definition) is 3. The summed E-state index contributed by atoms with van der Waals surface area (Å²) in [5.41, 5.74) is 1.32. The average Bonchev–Trinajstić information content (AvgIpc) is 2.26. The van der Waals surface area contributed by atoms with Gasteiger partial charge in [0.15, 0.2) is 0 Å². The zero-order valence-corrected chi connectivity index (χ0v) is 9.61. The van der Waals surface area contributed by atoms with E-state index in [9.17, 15) is 0 Å². The Bertz CT molecular complexity index is 328. The van der Waals surface area contributed by atoms with Crippen molar-refractivity contribution in [2.45, 2.75) is 13.3 Å². The molecule has 1 aromatic rings. The minimum absolute atomic E-state index is 0.184. The first kappa shape index (κ1) is 11.4. The van der Waals surface area contributed by atoms with E-state index in [0.29, 0.717) is 13.0 Å². The summed E-state index contributed by atoms with van der Waals surface area (Å²) in [6, 6.07) is 7.89. The van der Waals surface area contributed by atoms with Gasteiger partial charge in [-0.05, 0) is 24.1 Å². The van der Waals surface area contributed by atoms with Gasteiger partial charge in [0.05, 0.1) is 19.8 Å². The van der Waals surface area contributed by atoms with E-state index in [0.717, 1.165) is 24.5 Å². The van der Waals surface area contributed by atoms with E-state index in [-0.39, 0.29) is 12.0 Å². The van der Waals surface area contributed by atoms with E-state index in [4.69, 9.17) is 14.6 Å². The van der Waals surface area contributed by atoms with Crippen LogP contribution in [0.25, 0.3) is 0 Å². The van der Waals surface area contributed by atoms with Crippen LogP contribution in [0.4, 0.5) is 0 Å². The largest absolute Gasteiger partial charge is 0.493 e. The van der Waals surface area contributed by atoms with Gasteiger partial charge in [0.2, 0.25) is 0 Å². The quantitative estimate of drug-likeness (QED) is 0.823. The molecule has 0 saturated carbocycles. The van der Waals surface area contributed by atoms with Gasteiger partial charge >= 0.3 is 0 Å². The minimum Gasteiger partial charge on any atom is -0.493 e. The lowest BCUT2D eigenvalue weighted by Gasteiger charge is -2.37. The van der Waals surface area contributed by atoms with Gasteiger partial charge in [0.25, 0.3) is 0 Å². The van der Waals surface area contributed by atoms with E-state index >= 15 is 0 Å². The second-order valence-electron chi connectivity index (χ2n) is 4.71. The van der Waals surface area contributed by atoms with Gasteiger partial charge in [0.1, 0.15) is 5.75 Å². The molecule has 1 aliphatic heterocycles. The van der Waals surface area contributed by atoms with Crippen molar-refractivity contribution in [3.8, 4) is 5.75 Å². The number of rotatable bonds is 5. The van der Waals surface area contributed by atoms with Crippen LogP contribution in [0, 0.1) is 5.41 Å². The fraction of sp³-hybridized carbons (Fsp3) is 0.538. The van der Waals surface area contributed by atoms with Crippen molar-refractivity contribution >= 4 is 0 Å². The molecule has 0 spiro atoms. The average molecular weight is 222 g/mol. The van der Waals surface area contributed by atoms with Crippen molar-refractivity contribution in [2.75, 3.05) is 26.4 Å². The lowest BCUT2D eigenvalue weighted by atomic mass is 9.90. The molecule has 0 aliphatic carbocycles. The smallest absolute Gasteiger partial charge is 0.119 e. The highest BCUT2D eigenvalue weighted by Crippen LogP contribution is 2.27. The van der Waals surface area contributed by atoms with Crippen LogP contribution in [0.1, 0.15) is 12.5 Å². The lowest BCUT2D eigenvalue weighted by molar-refractivity contribution is -0.120. The third-order valence-electron chi connectivity index (χ3n) is 2.81. The van der Waals surface area contributed by atoms with Crippen LogP contribution < -0.4 is 4.74 Å². The Morgan fingerprint density at radius 2 is 2.00 bits per heavy atom. The monoisotopic (exact) mass is 222 g/mol. The van der Waals surface area contributed by atoms with Crippen LogP contribution in [-0.4, -0.2) is 31.5 Å². The summed E-state index contributed by atoms with van der Waals surface area (Å²) in [5.74, 6) is 0.884. The van der Waals surface area contributed by atoms with Crippen molar-refractivity contribution in [3.63, 3.8) is 0 Å². The topological polar surface area (TPSA) is 38.7 Å². The molecule has 1 heterocycles. The fourth-order valence-electron chi connectivity index (χ4n) is 1.67. The molecule has 1 aliphatic rings. The van der Waals surface area contributed by atoms with Gasteiger partial charge in [0, 0.05) is 12.0 Å². The Labute approximate surface area is 96.0 Å². The highest BCUT2D eigenvalue weighted by molar-refractivity contribution is 5.27. The van der Waals surface area contributed by atoms with E-state index < -0.39 is 0 Å². The predicted molar refractivity (Wildman–Crippen MR) is 61.7 cm³/mol. The molecule has 0 bridgehead atoms. The molecule has 1 saturated heterocycles. The lowest BCUT2D eigenvalue weighted by Crippen LogP contribution is -2.44. The van der Waals surface area contributed by atoms with Gasteiger partial charge in [-0.25, -0.2) is 0 Å². The summed E-state index contributed by atoms with van der Waals surface area (Å²) in [7, 11) is 0. The molecule has 3 heteroatoms. The van der Waals surface area contributed by atoms with Crippen LogP contribution in [0.5, 0.6) is 5.75 Å².